The summed E-state index contributed by atoms with van der Waals surface area (Å²) >= 11 is 0. The van der Waals surface area contributed by atoms with Gasteiger partial charge in [-0.05, 0) is 6.07 Å². The van der Waals surface area contributed by atoms with E-state index in [1.165, 1.54) is 0 Å². The predicted octanol–water partition coefficient (Wildman–Crippen LogP) is 0.807. The quantitative estimate of drug-likeness (QED) is 0.786. The summed E-state index contributed by atoms with van der Waals surface area (Å²) in [5, 5.41) is 12.8. The van der Waals surface area contributed by atoms with Gasteiger partial charge in [0, 0.05) is 24.0 Å². The third-order valence-electron chi connectivity index (χ3n) is 2.47. The van der Waals surface area contributed by atoms with E-state index in [2.05, 4.69) is 20.9 Å². The van der Waals surface area contributed by atoms with Crippen molar-refractivity contribution in [2.24, 2.45) is 5.73 Å². The molecule has 0 atom stereocenters. The van der Waals surface area contributed by atoms with Gasteiger partial charge in [0.05, 0.1) is 18.7 Å². The number of nitrogens with zero attached hydrogens (tertiary/aromatic N) is 4. The summed E-state index contributed by atoms with van der Waals surface area (Å²) in [6, 6.07) is 5.42. The van der Waals surface area contributed by atoms with Crippen molar-refractivity contribution in [3.8, 4) is 17.6 Å². The predicted molar refractivity (Wildman–Crippen MR) is 71.7 cm³/mol. The van der Waals surface area contributed by atoms with E-state index in [0.29, 0.717) is 18.0 Å². The van der Waals surface area contributed by atoms with Crippen LogP contribution < -0.4 is 10.5 Å². The van der Waals surface area contributed by atoms with E-state index in [1.807, 2.05) is 0 Å². The first-order chi connectivity index (χ1) is 10.2. The molecule has 2 aromatic heterocycles. The van der Waals surface area contributed by atoms with Gasteiger partial charge < -0.3 is 15.2 Å². The molecule has 2 aromatic rings. The van der Waals surface area contributed by atoms with Crippen molar-refractivity contribution in [1.29, 1.82) is 5.26 Å². The van der Waals surface area contributed by atoms with E-state index >= 15 is 0 Å². The number of nitriles is 1. The number of amides is 1. The lowest BCUT2D eigenvalue weighted by Crippen LogP contribution is -2.17. The molecule has 0 aliphatic rings. The van der Waals surface area contributed by atoms with Gasteiger partial charge in [0.15, 0.2) is 5.82 Å². The maximum Gasteiger partial charge on any atom is 0.404 e. The Morgan fingerprint density at radius 3 is 3.10 bits per heavy atom. The summed E-state index contributed by atoms with van der Waals surface area (Å²) in [7, 11) is 0. The summed E-state index contributed by atoms with van der Waals surface area (Å²) in [6.45, 7) is 0.256. The number of rotatable bonds is 6. The Balaban J connectivity index is 1.99. The third kappa shape index (κ3) is 4.21. The van der Waals surface area contributed by atoms with E-state index in [-0.39, 0.29) is 13.2 Å². The molecule has 21 heavy (non-hydrogen) atoms. The topological polar surface area (TPSA) is 116 Å². The Labute approximate surface area is 120 Å². The van der Waals surface area contributed by atoms with Crippen molar-refractivity contribution in [3.05, 3.63) is 36.3 Å². The second kappa shape index (κ2) is 6.91. The van der Waals surface area contributed by atoms with Gasteiger partial charge in [-0.2, -0.15) is 10.4 Å². The Hall–Kier alpha value is -3.08. The molecule has 0 radical (unpaired) electrons. The smallest absolute Gasteiger partial charge is 0.404 e. The fraction of sp³-hybridized carbons (Fsp3) is 0.231. The van der Waals surface area contributed by atoms with Gasteiger partial charge >= 0.3 is 6.09 Å². The molecule has 0 aliphatic carbocycles. The molecule has 2 rings (SSSR count). The fourth-order valence-electron chi connectivity index (χ4n) is 1.58. The van der Waals surface area contributed by atoms with Crippen molar-refractivity contribution in [1.82, 2.24) is 14.8 Å². The van der Waals surface area contributed by atoms with Crippen molar-refractivity contribution < 1.29 is 14.3 Å². The van der Waals surface area contributed by atoms with Crippen LogP contribution in [0.25, 0.3) is 5.82 Å². The monoisotopic (exact) mass is 287 g/mol. The molecule has 2 heterocycles. The minimum Gasteiger partial charge on any atom is -0.490 e. The van der Waals surface area contributed by atoms with Crippen LogP contribution in [0.4, 0.5) is 4.79 Å². The number of hydrogen-bond donors (Lipinski definition) is 1. The van der Waals surface area contributed by atoms with Gasteiger partial charge in [-0.25, -0.2) is 14.5 Å². The molecule has 0 fully saturated rings. The van der Waals surface area contributed by atoms with Crippen molar-refractivity contribution in [3.63, 3.8) is 0 Å². The largest absolute Gasteiger partial charge is 0.490 e. The second-order valence-corrected chi connectivity index (χ2v) is 3.99. The first kappa shape index (κ1) is 14.3. The molecule has 0 saturated carbocycles. The molecule has 0 aliphatic heterocycles. The molecule has 0 saturated heterocycles. The standard InChI is InChI=1S/C13H13N5O3/c14-3-1-10-8-17-18(9-10)12-7-11(2-4-16-12)20-5-6-21-13(15)19/h2,4,7-9H,1,5-6H2,(H2,15,19). The van der Waals surface area contributed by atoms with E-state index < -0.39 is 6.09 Å². The van der Waals surface area contributed by atoms with Crippen molar-refractivity contribution in [2.45, 2.75) is 6.42 Å². The zero-order valence-electron chi connectivity index (χ0n) is 11.1. The van der Waals surface area contributed by atoms with Crippen LogP contribution >= 0.6 is 0 Å². The summed E-state index contributed by atoms with van der Waals surface area (Å²) in [5.41, 5.74) is 5.64. The van der Waals surface area contributed by atoms with Crippen LogP contribution in [-0.2, 0) is 11.2 Å². The molecular formula is C13H13N5O3. The second-order valence-electron chi connectivity index (χ2n) is 3.99. The molecule has 8 nitrogen and oxygen atoms in total. The van der Waals surface area contributed by atoms with Crippen molar-refractivity contribution >= 4 is 6.09 Å². The molecule has 0 unspecified atom stereocenters. The molecule has 0 bridgehead atoms. The maximum atomic E-state index is 10.4. The number of nitrogens with two attached hydrogens (primary N) is 1. The average molecular weight is 287 g/mol. The van der Waals surface area contributed by atoms with E-state index in [0.717, 1.165) is 5.56 Å². The minimum absolute atomic E-state index is 0.0705. The van der Waals surface area contributed by atoms with Gasteiger partial charge in [-0.15, -0.1) is 0 Å². The number of carbonyl (C=O) groups is 1. The summed E-state index contributed by atoms with van der Waals surface area (Å²) in [6.07, 6.45) is 4.37. The van der Waals surface area contributed by atoms with Crippen LogP contribution in [0.5, 0.6) is 5.75 Å². The van der Waals surface area contributed by atoms with Gasteiger partial charge in [-0.1, -0.05) is 0 Å². The Kier molecular flexibility index (Phi) is 4.71. The molecular weight excluding hydrogens is 274 g/mol. The SMILES string of the molecule is N#CCc1cnn(-c2cc(OCCOC(N)=O)ccn2)c1. The molecule has 108 valence electrons. The first-order valence-electron chi connectivity index (χ1n) is 6.11. The summed E-state index contributed by atoms with van der Waals surface area (Å²) in [4.78, 5) is 14.6. The molecule has 0 spiro atoms. The van der Waals surface area contributed by atoms with Crippen LogP contribution in [-0.4, -0.2) is 34.1 Å². The van der Waals surface area contributed by atoms with E-state index in [1.54, 1.807) is 35.4 Å². The van der Waals surface area contributed by atoms with E-state index in [4.69, 9.17) is 15.7 Å². The molecule has 2 N–H and O–H groups in total. The molecule has 0 aromatic carbocycles. The number of pyridine rings is 1. The number of carbonyl (C=O) groups excluding carboxylic acids is 1. The van der Waals surface area contributed by atoms with Crippen molar-refractivity contribution in [2.75, 3.05) is 13.2 Å². The van der Waals surface area contributed by atoms with Gasteiger partial charge in [0.25, 0.3) is 0 Å². The van der Waals surface area contributed by atoms with Crippen LogP contribution in [0.15, 0.2) is 30.7 Å². The van der Waals surface area contributed by atoms with E-state index in [9.17, 15) is 4.79 Å². The highest BCUT2D eigenvalue weighted by atomic mass is 16.6. The third-order valence-corrected chi connectivity index (χ3v) is 2.47. The Bertz CT molecular complexity index is 662. The van der Waals surface area contributed by atoms with Gasteiger partial charge in [0.1, 0.15) is 19.0 Å². The lowest BCUT2D eigenvalue weighted by molar-refractivity contribution is 0.134. The van der Waals surface area contributed by atoms with Gasteiger partial charge in [0.2, 0.25) is 0 Å². The number of primary amides is 1. The highest BCUT2D eigenvalue weighted by Crippen LogP contribution is 2.14. The molecule has 1 amide bonds. The Morgan fingerprint density at radius 1 is 1.48 bits per heavy atom. The highest BCUT2D eigenvalue weighted by Gasteiger charge is 2.04. The Morgan fingerprint density at radius 2 is 2.33 bits per heavy atom. The van der Waals surface area contributed by atoms with Gasteiger partial charge in [-0.3, -0.25) is 0 Å². The average Bonchev–Trinajstić information content (AvgIpc) is 2.93. The first-order valence-corrected chi connectivity index (χ1v) is 6.11. The van der Waals surface area contributed by atoms with Crippen LogP contribution in [0.3, 0.4) is 0 Å². The number of ether oxygens (including phenoxy) is 2. The lowest BCUT2D eigenvalue weighted by Gasteiger charge is -2.07. The van der Waals surface area contributed by atoms with Crippen LogP contribution in [0.1, 0.15) is 5.56 Å². The number of aromatic nitrogens is 3. The maximum absolute atomic E-state index is 10.4. The highest BCUT2D eigenvalue weighted by molar-refractivity contribution is 5.64. The zero-order chi connectivity index (χ0) is 15.1. The summed E-state index contributed by atoms with van der Waals surface area (Å²) in [5.74, 6) is 1.12. The zero-order valence-corrected chi connectivity index (χ0v) is 11.1. The van der Waals surface area contributed by atoms with Crippen LogP contribution in [0, 0.1) is 11.3 Å². The fourth-order valence-corrected chi connectivity index (χ4v) is 1.58. The minimum atomic E-state index is -0.837. The molecule has 8 heteroatoms. The lowest BCUT2D eigenvalue weighted by atomic mass is 10.3. The normalized spacial score (nSPS) is 9.86. The number of hydrogen-bond acceptors (Lipinski definition) is 6. The van der Waals surface area contributed by atoms with Crippen LogP contribution in [0.2, 0.25) is 0 Å². The summed E-state index contributed by atoms with van der Waals surface area (Å²) < 4.78 is 11.5.